The summed E-state index contributed by atoms with van der Waals surface area (Å²) in [7, 11) is -3.81. The highest BCUT2D eigenvalue weighted by Crippen LogP contribution is 2.21. The molecule has 0 spiro atoms. The zero-order chi connectivity index (χ0) is 16.1. The van der Waals surface area contributed by atoms with Gasteiger partial charge in [0.2, 0.25) is 10.0 Å². The summed E-state index contributed by atoms with van der Waals surface area (Å²) in [5.74, 6) is -1.90. The number of nitrogens with one attached hydrogen (secondary N) is 1. The first-order chi connectivity index (χ1) is 9.59. The van der Waals surface area contributed by atoms with E-state index < -0.39 is 40.8 Å². The number of alkyl halides is 3. The van der Waals surface area contributed by atoms with Gasteiger partial charge >= 0.3 is 12.1 Å². The first kappa shape index (κ1) is 17.4. The fourth-order valence-corrected chi connectivity index (χ4v) is 2.43. The van der Waals surface area contributed by atoms with Crippen LogP contribution in [0.1, 0.15) is 23.3 Å². The maximum Gasteiger partial charge on any atom is 0.389 e. The van der Waals surface area contributed by atoms with Gasteiger partial charge in [0.05, 0.1) is 18.5 Å². The van der Waals surface area contributed by atoms with E-state index in [1.165, 1.54) is 0 Å². The normalized spacial score (nSPS) is 12.5. The van der Waals surface area contributed by atoms with Gasteiger partial charge in [0.15, 0.2) is 5.69 Å². The second-order valence-corrected chi connectivity index (χ2v) is 6.03. The minimum absolute atomic E-state index is 0.0127. The molecule has 0 aliphatic rings. The van der Waals surface area contributed by atoms with Gasteiger partial charge in [-0.3, -0.25) is 4.68 Å². The van der Waals surface area contributed by atoms with E-state index in [0.29, 0.717) is 0 Å². The van der Waals surface area contributed by atoms with Crippen LogP contribution in [0.5, 0.6) is 0 Å². The van der Waals surface area contributed by atoms with Crippen LogP contribution < -0.4 is 4.72 Å². The molecule has 1 aromatic heterocycles. The topological polar surface area (TPSA) is 114 Å². The van der Waals surface area contributed by atoms with E-state index in [-0.39, 0.29) is 18.8 Å². The lowest BCUT2D eigenvalue weighted by molar-refractivity contribution is -0.134. The van der Waals surface area contributed by atoms with Crippen molar-refractivity contribution in [1.82, 2.24) is 19.7 Å². The second-order valence-electron chi connectivity index (χ2n) is 4.10. The number of aromatic carboxylic acids is 1. The Bertz CT molecular complexity index is 584. The molecule has 0 fully saturated rings. The highest BCUT2D eigenvalue weighted by atomic mass is 32.2. The summed E-state index contributed by atoms with van der Waals surface area (Å²) >= 11 is 0. The Balaban J connectivity index is 2.34. The predicted molar refractivity (Wildman–Crippen MR) is 64.1 cm³/mol. The number of rotatable bonds is 8. The van der Waals surface area contributed by atoms with Crippen LogP contribution in [0.3, 0.4) is 0 Å². The number of nitrogens with zero attached hydrogens (tertiary/aromatic N) is 3. The van der Waals surface area contributed by atoms with E-state index in [4.69, 9.17) is 5.11 Å². The SMILES string of the molecule is O=C(O)c1cn(CCNS(=O)(=O)CCCC(F)(F)F)nn1. The number of halogens is 3. The lowest BCUT2D eigenvalue weighted by Gasteiger charge is -2.08. The van der Waals surface area contributed by atoms with Gasteiger partial charge in [-0.05, 0) is 6.42 Å². The Hall–Kier alpha value is -1.69. The number of carboxylic acid groups (broad SMARTS) is 1. The van der Waals surface area contributed by atoms with Gasteiger partial charge in [-0.15, -0.1) is 5.10 Å². The third-order valence-electron chi connectivity index (χ3n) is 2.29. The van der Waals surface area contributed by atoms with Crippen molar-refractivity contribution in [3.63, 3.8) is 0 Å². The molecular formula is C9H13F3N4O4S. The predicted octanol–water partition coefficient (Wildman–Crippen LogP) is 0.238. The Kier molecular flexibility index (Phi) is 5.66. The zero-order valence-electron chi connectivity index (χ0n) is 10.7. The van der Waals surface area contributed by atoms with E-state index in [1.807, 2.05) is 0 Å². The maximum absolute atomic E-state index is 11.9. The van der Waals surface area contributed by atoms with Crippen molar-refractivity contribution < 1.29 is 31.5 Å². The number of aromatic nitrogens is 3. The first-order valence-electron chi connectivity index (χ1n) is 5.76. The molecule has 21 heavy (non-hydrogen) atoms. The van der Waals surface area contributed by atoms with Crippen LogP contribution in [0.25, 0.3) is 0 Å². The summed E-state index contributed by atoms with van der Waals surface area (Å²) < 4.78 is 61.7. The van der Waals surface area contributed by atoms with Crippen LogP contribution in [-0.2, 0) is 16.6 Å². The van der Waals surface area contributed by atoms with Gasteiger partial charge in [0.1, 0.15) is 0 Å². The molecule has 0 aliphatic heterocycles. The largest absolute Gasteiger partial charge is 0.476 e. The van der Waals surface area contributed by atoms with Gasteiger partial charge in [0, 0.05) is 13.0 Å². The van der Waals surface area contributed by atoms with Crippen molar-refractivity contribution in [2.75, 3.05) is 12.3 Å². The first-order valence-corrected chi connectivity index (χ1v) is 7.42. The molecule has 0 bridgehead atoms. The quantitative estimate of drug-likeness (QED) is 0.705. The molecule has 1 aromatic rings. The molecule has 0 aliphatic carbocycles. The van der Waals surface area contributed by atoms with E-state index in [0.717, 1.165) is 10.9 Å². The van der Waals surface area contributed by atoms with Crippen LogP contribution in [0.4, 0.5) is 13.2 Å². The van der Waals surface area contributed by atoms with Crippen molar-refractivity contribution in [2.24, 2.45) is 0 Å². The summed E-state index contributed by atoms with van der Waals surface area (Å²) in [5.41, 5.74) is -0.289. The number of hydrogen-bond acceptors (Lipinski definition) is 5. The Labute approximate surface area is 118 Å². The number of hydrogen-bond donors (Lipinski definition) is 2. The average molecular weight is 330 g/mol. The minimum Gasteiger partial charge on any atom is -0.476 e. The molecule has 0 radical (unpaired) electrons. The maximum atomic E-state index is 11.9. The Morgan fingerprint density at radius 1 is 1.43 bits per heavy atom. The summed E-state index contributed by atoms with van der Waals surface area (Å²) in [5, 5.41) is 15.4. The molecule has 2 N–H and O–H groups in total. The van der Waals surface area contributed by atoms with Gasteiger partial charge in [0.25, 0.3) is 0 Å². The number of carboxylic acids is 1. The van der Waals surface area contributed by atoms with Crippen molar-refractivity contribution in [3.8, 4) is 0 Å². The van der Waals surface area contributed by atoms with Crippen molar-refractivity contribution >= 4 is 16.0 Å². The lowest BCUT2D eigenvalue weighted by atomic mass is 10.3. The highest BCUT2D eigenvalue weighted by molar-refractivity contribution is 7.89. The molecule has 0 aromatic carbocycles. The standard InChI is InChI=1S/C9H13F3N4O4S/c10-9(11,12)2-1-5-21(19,20)13-3-4-16-6-7(8(17)18)14-15-16/h6,13H,1-5H2,(H,17,18). The fourth-order valence-electron chi connectivity index (χ4n) is 1.36. The van der Waals surface area contributed by atoms with E-state index in [2.05, 4.69) is 15.0 Å². The lowest BCUT2D eigenvalue weighted by Crippen LogP contribution is -2.30. The Morgan fingerprint density at radius 3 is 2.62 bits per heavy atom. The average Bonchev–Trinajstić information content (AvgIpc) is 2.75. The molecular weight excluding hydrogens is 317 g/mol. The molecule has 1 rings (SSSR count). The van der Waals surface area contributed by atoms with Crippen molar-refractivity contribution in [1.29, 1.82) is 0 Å². The molecule has 0 saturated heterocycles. The zero-order valence-corrected chi connectivity index (χ0v) is 11.5. The molecule has 1 heterocycles. The van der Waals surface area contributed by atoms with Crippen LogP contribution in [0.2, 0.25) is 0 Å². The highest BCUT2D eigenvalue weighted by Gasteiger charge is 2.27. The molecule has 120 valence electrons. The smallest absolute Gasteiger partial charge is 0.389 e. The van der Waals surface area contributed by atoms with Crippen LogP contribution >= 0.6 is 0 Å². The summed E-state index contributed by atoms with van der Waals surface area (Å²) in [4.78, 5) is 10.5. The van der Waals surface area contributed by atoms with Gasteiger partial charge in [-0.1, -0.05) is 5.21 Å². The van der Waals surface area contributed by atoms with Crippen LogP contribution in [0.15, 0.2) is 6.20 Å². The second kappa shape index (κ2) is 6.85. The summed E-state index contributed by atoms with van der Waals surface area (Å²) in [6.45, 7) is -0.116. The molecule has 0 atom stereocenters. The number of sulfonamides is 1. The fraction of sp³-hybridized carbons (Fsp3) is 0.667. The summed E-state index contributed by atoms with van der Waals surface area (Å²) in [6.07, 6.45) is -4.96. The molecule has 12 heteroatoms. The van der Waals surface area contributed by atoms with Gasteiger partial charge in [-0.2, -0.15) is 13.2 Å². The van der Waals surface area contributed by atoms with Crippen LogP contribution in [0, 0.1) is 0 Å². The monoisotopic (exact) mass is 330 g/mol. The van der Waals surface area contributed by atoms with Crippen molar-refractivity contribution in [3.05, 3.63) is 11.9 Å². The van der Waals surface area contributed by atoms with E-state index in [9.17, 15) is 26.4 Å². The Morgan fingerprint density at radius 2 is 2.10 bits per heavy atom. The number of carbonyl (C=O) groups is 1. The molecule has 0 unspecified atom stereocenters. The van der Waals surface area contributed by atoms with Gasteiger partial charge in [-0.25, -0.2) is 17.9 Å². The minimum atomic E-state index is -4.39. The molecule has 0 saturated carbocycles. The van der Waals surface area contributed by atoms with Crippen molar-refractivity contribution in [2.45, 2.75) is 25.6 Å². The third kappa shape index (κ3) is 7.04. The third-order valence-corrected chi connectivity index (χ3v) is 3.76. The summed E-state index contributed by atoms with van der Waals surface area (Å²) in [6, 6.07) is 0. The van der Waals surface area contributed by atoms with Gasteiger partial charge < -0.3 is 5.11 Å². The molecule has 0 amide bonds. The molecule has 8 nitrogen and oxygen atoms in total. The van der Waals surface area contributed by atoms with Crippen LogP contribution in [-0.4, -0.2) is 53.0 Å². The van der Waals surface area contributed by atoms with E-state index >= 15 is 0 Å². The van der Waals surface area contributed by atoms with E-state index in [1.54, 1.807) is 0 Å².